The molecule has 3 aromatic heterocycles. The third-order valence-electron chi connectivity index (χ3n) is 16.8. The molecule has 2 aliphatic rings. The molecule has 0 bridgehead atoms. The molecular weight excluding hydrogens is 891 g/mol. The lowest BCUT2D eigenvalue weighted by Crippen LogP contribution is -2.34. The second-order valence-electron chi connectivity index (χ2n) is 24.7. The predicted octanol–water partition coefficient (Wildman–Crippen LogP) is 17.8. The van der Waals surface area contributed by atoms with E-state index in [4.69, 9.17) is 14.1 Å². The molecule has 5 heteroatoms. The molecule has 7 aromatic carbocycles. The Labute approximate surface area is 431 Å². The molecule has 366 valence electrons. The lowest BCUT2D eigenvalue weighted by atomic mass is 9.63. The molecule has 0 fully saturated rings. The number of imidazole rings is 1. The molecule has 2 aliphatic carbocycles. The highest BCUT2D eigenvalue weighted by Gasteiger charge is 2.40. The summed E-state index contributed by atoms with van der Waals surface area (Å²) in [7, 11) is 0. The summed E-state index contributed by atoms with van der Waals surface area (Å²) >= 11 is 0. The summed E-state index contributed by atoms with van der Waals surface area (Å²) < 4.78 is 18.9. The molecule has 0 unspecified atom stereocenters. The molecule has 5 nitrogen and oxygen atoms in total. The number of nitrogens with zero attached hydrogens (tertiary/aromatic N) is 3. The van der Waals surface area contributed by atoms with Crippen LogP contribution in [-0.2, 0) is 27.1 Å². The van der Waals surface area contributed by atoms with E-state index < -0.39 is 0 Å². The number of ether oxygens (including phenoxy) is 1. The molecule has 0 amide bonds. The Bertz CT molecular complexity index is 3740. The lowest BCUT2D eigenvalue weighted by Gasteiger charge is -2.41. The quantitative estimate of drug-likeness (QED) is 0.118. The summed E-state index contributed by atoms with van der Waals surface area (Å²) in [6.07, 6.45) is 10.6. The van der Waals surface area contributed by atoms with Crippen molar-refractivity contribution < 1.29 is 13.7 Å². The van der Waals surface area contributed by atoms with Gasteiger partial charge in [-0.2, -0.15) is 0 Å². The molecule has 3 heterocycles. The number of benzene rings is 7. The number of hydrogen-bond donors (Lipinski definition) is 0. The van der Waals surface area contributed by atoms with Gasteiger partial charge < -0.3 is 9.15 Å². The van der Waals surface area contributed by atoms with E-state index in [2.05, 4.69) is 249 Å². The van der Waals surface area contributed by atoms with Crippen LogP contribution in [-0.4, -0.2) is 9.55 Å². The highest BCUT2D eigenvalue weighted by molar-refractivity contribution is 6.14. The van der Waals surface area contributed by atoms with Gasteiger partial charge in [-0.1, -0.05) is 185 Å². The minimum absolute atomic E-state index is 0.0405. The van der Waals surface area contributed by atoms with E-state index in [0.717, 1.165) is 115 Å². The van der Waals surface area contributed by atoms with Gasteiger partial charge in [0, 0.05) is 28.1 Å². The van der Waals surface area contributed by atoms with Crippen LogP contribution in [0.1, 0.15) is 130 Å². The average Bonchev–Trinajstić information content (AvgIpc) is 3.96. The topological polar surface area (TPSA) is 44.1 Å². The standard InChI is InChI=1S/C68H67N3O2/c1-64(2,3)46-36-45(57-40-55-56(41-69-57)67(8,9)33-32-66(55,6)7)37-49(38-46)72-48-25-18-24-47(39-48)70-42-71(60-50(43-20-14-12-15-21-43)26-19-27-51(60)44-22-16-13-17-23-44)61-58(70)31-29-53-52-28-30-54-59(62(52)73-63(53)61)68(10,11)35-34-65(54,4)5/h12-31,36-41H,32-35H2,1-11H3. The maximum Gasteiger partial charge on any atom is 0.270 e. The molecule has 0 N–H and O–H groups in total. The van der Waals surface area contributed by atoms with Crippen molar-refractivity contribution >= 4 is 33.0 Å². The highest BCUT2D eigenvalue weighted by atomic mass is 16.5. The fraction of sp³-hybridized carbons (Fsp3) is 0.294. The minimum Gasteiger partial charge on any atom is -0.460 e. The van der Waals surface area contributed by atoms with E-state index in [1.54, 1.807) is 0 Å². The first-order valence-electron chi connectivity index (χ1n) is 26.4. The number of hydrogen-bond acceptors (Lipinski definition) is 3. The van der Waals surface area contributed by atoms with Gasteiger partial charge in [-0.25, -0.2) is 0 Å². The molecule has 12 rings (SSSR count). The number of pyridine rings is 1. The average molecular weight is 958 g/mol. The zero-order valence-electron chi connectivity index (χ0n) is 44.5. The molecule has 0 saturated carbocycles. The Balaban J connectivity index is 1.06. The Hall–Kier alpha value is -7.24. The summed E-state index contributed by atoms with van der Waals surface area (Å²) in [6.45, 7) is 25.8. The Morgan fingerprint density at radius 3 is 1.82 bits per heavy atom. The predicted molar refractivity (Wildman–Crippen MR) is 301 cm³/mol. The number of rotatable bonds is 7. The Morgan fingerprint density at radius 1 is 0.548 bits per heavy atom. The van der Waals surface area contributed by atoms with Gasteiger partial charge >= 0.3 is 0 Å². The largest absolute Gasteiger partial charge is 0.460 e. The summed E-state index contributed by atoms with van der Waals surface area (Å²) in [5.41, 5.74) is 18.9. The van der Waals surface area contributed by atoms with Crippen molar-refractivity contribution in [1.82, 2.24) is 9.55 Å². The van der Waals surface area contributed by atoms with Crippen molar-refractivity contribution in [3.8, 4) is 56.4 Å². The first-order chi connectivity index (χ1) is 34.8. The molecule has 0 radical (unpaired) electrons. The molecule has 0 aliphatic heterocycles. The van der Waals surface area contributed by atoms with Crippen molar-refractivity contribution in [3.63, 3.8) is 0 Å². The summed E-state index contributed by atoms with van der Waals surface area (Å²) in [5.74, 6) is 1.51. The Morgan fingerprint density at radius 2 is 1.15 bits per heavy atom. The van der Waals surface area contributed by atoms with Crippen molar-refractivity contribution in [2.45, 2.75) is 129 Å². The van der Waals surface area contributed by atoms with Crippen LogP contribution in [0.15, 0.2) is 162 Å². The summed E-state index contributed by atoms with van der Waals surface area (Å²) in [5, 5.41) is 2.24. The third kappa shape index (κ3) is 7.89. The van der Waals surface area contributed by atoms with Crippen molar-refractivity contribution in [3.05, 3.63) is 192 Å². The third-order valence-corrected chi connectivity index (χ3v) is 16.8. The fourth-order valence-corrected chi connectivity index (χ4v) is 12.1. The van der Waals surface area contributed by atoms with Crippen LogP contribution < -0.4 is 9.30 Å². The van der Waals surface area contributed by atoms with Gasteiger partial charge in [0.15, 0.2) is 0 Å². The number of aromatic nitrogens is 3. The zero-order valence-corrected chi connectivity index (χ0v) is 44.5. The van der Waals surface area contributed by atoms with Gasteiger partial charge in [0.05, 0.1) is 22.6 Å². The van der Waals surface area contributed by atoms with E-state index in [0.29, 0.717) is 0 Å². The number of fused-ring (bicyclic) bond motifs is 8. The van der Waals surface area contributed by atoms with Crippen molar-refractivity contribution in [1.29, 1.82) is 0 Å². The maximum atomic E-state index is 7.45. The van der Waals surface area contributed by atoms with Crippen LogP contribution in [0.4, 0.5) is 0 Å². The second kappa shape index (κ2) is 16.6. The van der Waals surface area contributed by atoms with Gasteiger partial charge in [0.2, 0.25) is 0 Å². The zero-order chi connectivity index (χ0) is 50.8. The van der Waals surface area contributed by atoms with Crippen LogP contribution in [0.25, 0.3) is 77.9 Å². The fourth-order valence-electron chi connectivity index (χ4n) is 12.1. The van der Waals surface area contributed by atoms with Gasteiger partial charge in [-0.3, -0.25) is 14.1 Å². The van der Waals surface area contributed by atoms with E-state index >= 15 is 0 Å². The number of para-hydroxylation sites is 1. The van der Waals surface area contributed by atoms with Crippen LogP contribution in [0.5, 0.6) is 11.5 Å². The molecular formula is C68H67N3O2. The SMILES string of the molecule is CC(C)(C)c1cc(Oc2cccc(-[n+]3[c-]n(-c4c(-c5ccccc5)cccc4-c4ccccc4)c4c5oc6c7c(ccc6c5ccc43)C(C)(C)CCC7(C)C)c2)cc(-c2cc3c(cn2)C(C)(C)CCC3(C)C)c1. The monoisotopic (exact) mass is 958 g/mol. The molecule has 0 saturated heterocycles. The Kier molecular flexibility index (Phi) is 10.7. The second-order valence-corrected chi connectivity index (χ2v) is 24.7. The van der Waals surface area contributed by atoms with Crippen molar-refractivity contribution in [2.24, 2.45) is 0 Å². The van der Waals surface area contributed by atoms with E-state index in [9.17, 15) is 0 Å². The van der Waals surface area contributed by atoms with Crippen LogP contribution in [0.3, 0.4) is 0 Å². The molecule has 0 atom stereocenters. The number of furan rings is 1. The normalized spacial score (nSPS) is 16.6. The first kappa shape index (κ1) is 46.8. The highest BCUT2D eigenvalue weighted by Crippen LogP contribution is 2.51. The molecule has 73 heavy (non-hydrogen) atoms. The van der Waals surface area contributed by atoms with Crippen LogP contribution in [0, 0.1) is 6.33 Å². The van der Waals surface area contributed by atoms with Gasteiger partial charge in [0.1, 0.15) is 28.2 Å². The minimum atomic E-state index is -0.125. The first-order valence-corrected chi connectivity index (χ1v) is 26.4. The van der Waals surface area contributed by atoms with E-state index in [-0.39, 0.29) is 27.1 Å². The van der Waals surface area contributed by atoms with Gasteiger partial charge in [-0.15, -0.1) is 0 Å². The maximum absolute atomic E-state index is 7.45. The summed E-state index contributed by atoms with van der Waals surface area (Å²) in [6, 6.07) is 54.7. The van der Waals surface area contributed by atoms with Gasteiger partial charge in [-0.05, 0) is 140 Å². The van der Waals surface area contributed by atoms with E-state index in [1.165, 1.54) is 27.8 Å². The summed E-state index contributed by atoms with van der Waals surface area (Å²) in [4.78, 5) is 5.15. The smallest absolute Gasteiger partial charge is 0.270 e. The van der Waals surface area contributed by atoms with Crippen molar-refractivity contribution in [2.75, 3.05) is 0 Å². The van der Waals surface area contributed by atoms with E-state index in [1.807, 2.05) is 0 Å². The molecule has 0 spiro atoms. The molecule has 10 aromatic rings. The lowest BCUT2D eigenvalue weighted by molar-refractivity contribution is -0.572. The van der Waals surface area contributed by atoms with Crippen LogP contribution >= 0.6 is 0 Å². The van der Waals surface area contributed by atoms with Gasteiger partial charge in [0.25, 0.3) is 6.33 Å². The van der Waals surface area contributed by atoms with Crippen LogP contribution in [0.2, 0.25) is 0 Å².